The molecule has 5 aromatic rings. The van der Waals surface area contributed by atoms with Crippen molar-refractivity contribution < 1.29 is 0 Å². The highest BCUT2D eigenvalue weighted by molar-refractivity contribution is 5.93. The molecule has 0 bridgehead atoms. The number of imidazole rings is 1. The fraction of sp³-hybridized carbons (Fsp3) is 0.0526. The van der Waals surface area contributed by atoms with E-state index in [0.717, 1.165) is 33.5 Å². The van der Waals surface area contributed by atoms with Crippen LogP contribution in [0, 0.1) is 0 Å². The molecule has 0 aliphatic carbocycles. The van der Waals surface area contributed by atoms with Gasteiger partial charge in [-0.25, -0.2) is 9.97 Å². The van der Waals surface area contributed by atoms with Gasteiger partial charge >= 0.3 is 0 Å². The van der Waals surface area contributed by atoms with Gasteiger partial charge in [0.25, 0.3) is 0 Å². The van der Waals surface area contributed by atoms with Gasteiger partial charge in [-0.1, -0.05) is 6.07 Å². The van der Waals surface area contributed by atoms with Gasteiger partial charge in [0.15, 0.2) is 11.5 Å². The van der Waals surface area contributed by atoms with Crippen molar-refractivity contribution in [3.63, 3.8) is 0 Å². The van der Waals surface area contributed by atoms with Crippen molar-refractivity contribution in [1.82, 2.24) is 29.1 Å². The summed E-state index contributed by atoms with van der Waals surface area (Å²) in [4.78, 5) is 13.5. The molecule has 7 nitrogen and oxygen atoms in total. The maximum atomic E-state index is 4.57. The zero-order valence-corrected chi connectivity index (χ0v) is 14.0. The maximum absolute atomic E-state index is 4.57. The Kier molecular flexibility index (Phi) is 3.18. The van der Waals surface area contributed by atoms with Gasteiger partial charge in [0, 0.05) is 48.5 Å². The van der Waals surface area contributed by atoms with E-state index in [2.05, 4.69) is 25.4 Å². The number of anilines is 2. The van der Waals surface area contributed by atoms with Gasteiger partial charge in [-0.15, -0.1) is 0 Å². The molecular weight excluding hydrogens is 326 g/mol. The maximum Gasteiger partial charge on any atom is 0.180 e. The van der Waals surface area contributed by atoms with Crippen LogP contribution in [0.1, 0.15) is 0 Å². The molecule has 0 amide bonds. The number of rotatable bonds is 3. The van der Waals surface area contributed by atoms with Gasteiger partial charge in [-0.05, 0) is 24.3 Å². The Bertz CT molecular complexity index is 1230. The first kappa shape index (κ1) is 14.6. The molecule has 0 aliphatic heterocycles. The summed E-state index contributed by atoms with van der Waals surface area (Å²) in [5, 5.41) is 8.69. The van der Waals surface area contributed by atoms with E-state index in [-0.39, 0.29) is 0 Å². The second-order valence-corrected chi connectivity index (χ2v) is 6.02. The summed E-state index contributed by atoms with van der Waals surface area (Å²) in [7, 11) is 1.90. The topological polar surface area (TPSA) is 72.9 Å². The Morgan fingerprint density at radius 2 is 1.92 bits per heavy atom. The van der Waals surface area contributed by atoms with Gasteiger partial charge in [0.05, 0.1) is 23.6 Å². The Morgan fingerprint density at radius 1 is 0.962 bits per heavy atom. The summed E-state index contributed by atoms with van der Waals surface area (Å²) >= 11 is 0. The average Bonchev–Trinajstić information content (AvgIpc) is 3.28. The predicted molar refractivity (Wildman–Crippen MR) is 100 cm³/mol. The average molecular weight is 341 g/mol. The van der Waals surface area contributed by atoms with E-state index in [1.54, 1.807) is 17.1 Å². The predicted octanol–water partition coefficient (Wildman–Crippen LogP) is 3.42. The molecule has 5 rings (SSSR count). The van der Waals surface area contributed by atoms with Crippen LogP contribution in [0.5, 0.6) is 0 Å². The van der Waals surface area contributed by atoms with Crippen LogP contribution in [0.4, 0.5) is 11.5 Å². The standard InChI is InChI=1S/C19H15N7/c1-25-12-13(10-23-25)17-11-22-19-18(21-8-9-26(17)19)24-16-6-2-5-15-14(16)4-3-7-20-15/h2-12H,1H3,(H,21,24). The van der Waals surface area contributed by atoms with Crippen LogP contribution in [-0.4, -0.2) is 29.1 Å². The fourth-order valence-electron chi connectivity index (χ4n) is 3.11. The van der Waals surface area contributed by atoms with E-state index < -0.39 is 0 Å². The first-order valence-electron chi connectivity index (χ1n) is 8.21. The molecule has 7 heteroatoms. The lowest BCUT2D eigenvalue weighted by Gasteiger charge is -2.09. The smallest absolute Gasteiger partial charge is 0.180 e. The number of benzene rings is 1. The van der Waals surface area contributed by atoms with Crippen LogP contribution in [0.25, 0.3) is 27.8 Å². The number of fused-ring (bicyclic) bond motifs is 2. The lowest BCUT2D eigenvalue weighted by molar-refractivity contribution is 0.768. The molecule has 0 spiro atoms. The highest BCUT2D eigenvalue weighted by Crippen LogP contribution is 2.28. The van der Waals surface area contributed by atoms with Crippen molar-refractivity contribution in [2.24, 2.45) is 7.05 Å². The molecule has 1 aromatic carbocycles. The number of hydrogen-bond donors (Lipinski definition) is 1. The number of aromatic nitrogens is 6. The van der Waals surface area contributed by atoms with Crippen LogP contribution < -0.4 is 5.32 Å². The van der Waals surface area contributed by atoms with Crippen molar-refractivity contribution >= 4 is 28.1 Å². The summed E-state index contributed by atoms with van der Waals surface area (Å²) in [5.74, 6) is 0.694. The quantitative estimate of drug-likeness (QED) is 0.544. The van der Waals surface area contributed by atoms with E-state index >= 15 is 0 Å². The van der Waals surface area contributed by atoms with E-state index in [9.17, 15) is 0 Å². The molecule has 0 fully saturated rings. The zero-order valence-electron chi connectivity index (χ0n) is 14.0. The second kappa shape index (κ2) is 5.66. The fourth-order valence-corrected chi connectivity index (χ4v) is 3.11. The van der Waals surface area contributed by atoms with Crippen molar-refractivity contribution in [3.05, 3.63) is 67.5 Å². The summed E-state index contributed by atoms with van der Waals surface area (Å²) < 4.78 is 3.79. The minimum Gasteiger partial charge on any atom is -0.337 e. The second-order valence-electron chi connectivity index (χ2n) is 6.02. The van der Waals surface area contributed by atoms with E-state index in [1.165, 1.54) is 0 Å². The van der Waals surface area contributed by atoms with Crippen LogP contribution >= 0.6 is 0 Å². The SMILES string of the molecule is Cn1cc(-c2cnc3c(Nc4cccc5ncccc45)nccn23)cn1. The minimum absolute atomic E-state index is 0.694. The third-order valence-electron chi connectivity index (χ3n) is 4.33. The zero-order chi connectivity index (χ0) is 17.5. The highest BCUT2D eigenvalue weighted by Gasteiger charge is 2.12. The number of hydrogen-bond acceptors (Lipinski definition) is 5. The molecule has 26 heavy (non-hydrogen) atoms. The number of aryl methyl sites for hydroxylation is 1. The monoisotopic (exact) mass is 341 g/mol. The molecule has 0 atom stereocenters. The molecule has 0 saturated carbocycles. The minimum atomic E-state index is 0.694. The van der Waals surface area contributed by atoms with E-state index in [4.69, 9.17) is 0 Å². The van der Waals surface area contributed by atoms with Crippen molar-refractivity contribution in [1.29, 1.82) is 0 Å². The molecule has 0 aliphatic rings. The number of nitrogens with zero attached hydrogens (tertiary/aromatic N) is 6. The summed E-state index contributed by atoms with van der Waals surface area (Å²) in [6, 6.07) is 9.95. The third-order valence-corrected chi connectivity index (χ3v) is 4.33. The first-order valence-corrected chi connectivity index (χ1v) is 8.21. The Hall–Kier alpha value is -3.74. The molecule has 0 radical (unpaired) electrons. The number of nitrogens with one attached hydrogen (secondary N) is 1. The van der Waals surface area contributed by atoms with Crippen LogP contribution in [0.2, 0.25) is 0 Å². The molecular formula is C19H15N7. The molecule has 0 saturated heterocycles. The molecule has 1 N–H and O–H groups in total. The normalized spacial score (nSPS) is 11.3. The van der Waals surface area contributed by atoms with Crippen LogP contribution in [0.15, 0.2) is 67.5 Å². The highest BCUT2D eigenvalue weighted by atomic mass is 15.2. The van der Waals surface area contributed by atoms with Gasteiger partial charge < -0.3 is 5.32 Å². The van der Waals surface area contributed by atoms with Crippen LogP contribution in [0.3, 0.4) is 0 Å². The van der Waals surface area contributed by atoms with Crippen LogP contribution in [-0.2, 0) is 7.05 Å². The van der Waals surface area contributed by atoms with Gasteiger partial charge in [-0.3, -0.25) is 14.1 Å². The first-order chi connectivity index (χ1) is 12.8. The third kappa shape index (κ3) is 2.29. The molecule has 126 valence electrons. The Morgan fingerprint density at radius 3 is 2.81 bits per heavy atom. The Balaban J connectivity index is 1.62. The van der Waals surface area contributed by atoms with E-state index in [1.807, 2.05) is 66.6 Å². The van der Waals surface area contributed by atoms with E-state index in [0.29, 0.717) is 5.82 Å². The Labute approximate surface area is 149 Å². The van der Waals surface area contributed by atoms with Crippen molar-refractivity contribution in [2.45, 2.75) is 0 Å². The molecule has 0 unspecified atom stereocenters. The van der Waals surface area contributed by atoms with Crippen molar-refractivity contribution in [3.8, 4) is 11.3 Å². The summed E-state index contributed by atoms with van der Waals surface area (Å²) in [6.45, 7) is 0. The number of pyridine rings is 1. The lowest BCUT2D eigenvalue weighted by Crippen LogP contribution is -1.99. The van der Waals surface area contributed by atoms with Crippen molar-refractivity contribution in [2.75, 3.05) is 5.32 Å². The largest absolute Gasteiger partial charge is 0.337 e. The van der Waals surface area contributed by atoms with Gasteiger partial charge in [0.2, 0.25) is 0 Å². The lowest BCUT2D eigenvalue weighted by atomic mass is 10.2. The van der Waals surface area contributed by atoms with Gasteiger partial charge in [-0.2, -0.15) is 5.10 Å². The van der Waals surface area contributed by atoms with Gasteiger partial charge in [0.1, 0.15) is 0 Å². The molecule has 4 aromatic heterocycles. The summed E-state index contributed by atoms with van der Waals surface area (Å²) in [6.07, 6.45) is 11.1. The summed E-state index contributed by atoms with van der Waals surface area (Å²) in [5.41, 5.74) is 4.61. The molecule has 4 heterocycles.